The number of aromatic nitrogens is 2. The molecule has 1 aliphatic rings. The molecule has 1 aromatic carbocycles. The van der Waals surface area contributed by atoms with E-state index in [4.69, 9.17) is 4.74 Å². The Bertz CT molecular complexity index is 672. The lowest BCUT2D eigenvalue weighted by molar-refractivity contribution is 0.0281. The Morgan fingerprint density at radius 3 is 2.89 bits per heavy atom. The molecule has 0 amide bonds. The molecule has 27 heavy (non-hydrogen) atoms. The van der Waals surface area contributed by atoms with Crippen molar-refractivity contribution in [2.75, 3.05) is 26.2 Å². The summed E-state index contributed by atoms with van der Waals surface area (Å²) >= 11 is 0. The summed E-state index contributed by atoms with van der Waals surface area (Å²) in [4.78, 5) is 12.6. The molecule has 6 heteroatoms. The van der Waals surface area contributed by atoms with Crippen LogP contribution in [0.4, 0.5) is 0 Å². The van der Waals surface area contributed by atoms with Crippen molar-refractivity contribution in [1.29, 1.82) is 0 Å². The molecule has 1 aliphatic carbocycles. The predicted molar refractivity (Wildman–Crippen MR) is 111 cm³/mol. The Kier molecular flexibility index (Phi) is 7.96. The summed E-state index contributed by atoms with van der Waals surface area (Å²) in [6, 6.07) is 8.12. The third kappa shape index (κ3) is 6.54. The van der Waals surface area contributed by atoms with Crippen LogP contribution in [0.3, 0.4) is 0 Å². The zero-order valence-corrected chi connectivity index (χ0v) is 16.5. The van der Waals surface area contributed by atoms with Crippen LogP contribution in [-0.2, 0) is 11.2 Å². The highest BCUT2D eigenvalue weighted by molar-refractivity contribution is 5.79. The second-order valence-corrected chi connectivity index (χ2v) is 7.12. The third-order valence-corrected chi connectivity index (χ3v) is 4.92. The molecule has 3 rings (SSSR count). The fourth-order valence-corrected chi connectivity index (χ4v) is 3.50. The number of aliphatic imine (C=N–C) groups is 1. The van der Waals surface area contributed by atoms with Gasteiger partial charge in [0.05, 0.1) is 17.1 Å². The Labute approximate surface area is 162 Å². The largest absolute Gasteiger partial charge is 0.378 e. The van der Waals surface area contributed by atoms with E-state index in [-0.39, 0.29) is 0 Å². The zero-order valence-electron chi connectivity index (χ0n) is 16.5. The topological polar surface area (TPSA) is 74.3 Å². The van der Waals surface area contributed by atoms with Gasteiger partial charge < -0.3 is 20.4 Å². The minimum Gasteiger partial charge on any atom is -0.378 e. The van der Waals surface area contributed by atoms with Crippen LogP contribution < -0.4 is 10.6 Å². The first-order valence-corrected chi connectivity index (χ1v) is 10.4. The number of aromatic amines is 1. The van der Waals surface area contributed by atoms with Crippen molar-refractivity contribution in [3.63, 3.8) is 0 Å². The Morgan fingerprint density at radius 2 is 2.07 bits per heavy atom. The van der Waals surface area contributed by atoms with Crippen molar-refractivity contribution in [2.24, 2.45) is 4.99 Å². The number of H-pyrrole nitrogens is 1. The van der Waals surface area contributed by atoms with E-state index in [1.807, 2.05) is 18.2 Å². The van der Waals surface area contributed by atoms with Gasteiger partial charge in [0.2, 0.25) is 0 Å². The zero-order chi connectivity index (χ0) is 18.7. The first-order chi connectivity index (χ1) is 13.3. The van der Waals surface area contributed by atoms with Crippen LogP contribution in [0.5, 0.6) is 0 Å². The lowest BCUT2D eigenvalue weighted by atomic mass is 9.98. The highest BCUT2D eigenvalue weighted by atomic mass is 16.5. The van der Waals surface area contributed by atoms with Crippen molar-refractivity contribution in [3.8, 4) is 0 Å². The van der Waals surface area contributed by atoms with Crippen molar-refractivity contribution in [1.82, 2.24) is 20.6 Å². The minimum atomic E-state index is 0.484. The minimum absolute atomic E-state index is 0.484. The molecule has 0 spiro atoms. The Balaban J connectivity index is 1.36. The van der Waals surface area contributed by atoms with Gasteiger partial charge >= 0.3 is 0 Å². The fraction of sp³-hybridized carbons (Fsp3) is 0.619. The van der Waals surface area contributed by atoms with Gasteiger partial charge in [-0.2, -0.15) is 0 Å². The van der Waals surface area contributed by atoms with Crippen LogP contribution in [0, 0.1) is 0 Å². The number of nitrogens with one attached hydrogen (secondary N) is 3. The van der Waals surface area contributed by atoms with Crippen molar-refractivity contribution < 1.29 is 4.74 Å². The molecule has 0 unspecified atom stereocenters. The molecule has 0 aliphatic heterocycles. The molecule has 148 valence electrons. The number of rotatable bonds is 9. The summed E-state index contributed by atoms with van der Waals surface area (Å²) < 4.78 is 5.97. The maximum atomic E-state index is 5.97. The number of para-hydroxylation sites is 2. The molecule has 6 nitrogen and oxygen atoms in total. The third-order valence-electron chi connectivity index (χ3n) is 4.92. The summed E-state index contributed by atoms with van der Waals surface area (Å²) in [5.74, 6) is 1.87. The number of hydrogen-bond acceptors (Lipinski definition) is 3. The standard InChI is InChI=1S/C21H33N5O/c1-2-22-21(23-14-8-16-27-17-9-4-3-5-10-17)24-15-13-20-25-18-11-6-7-12-19(18)26-20/h6-7,11-12,17H,2-5,8-10,13-16H2,1H3,(H,25,26)(H2,22,23,24). The monoisotopic (exact) mass is 371 g/mol. The first-order valence-electron chi connectivity index (χ1n) is 10.4. The van der Waals surface area contributed by atoms with E-state index in [1.165, 1.54) is 32.1 Å². The number of fused-ring (bicyclic) bond motifs is 1. The van der Waals surface area contributed by atoms with Crippen LogP contribution in [0.2, 0.25) is 0 Å². The number of imidazole rings is 1. The highest BCUT2D eigenvalue weighted by Crippen LogP contribution is 2.20. The number of hydrogen-bond donors (Lipinski definition) is 3. The van der Waals surface area contributed by atoms with Gasteiger partial charge in [0.25, 0.3) is 0 Å². The lowest BCUT2D eigenvalue weighted by Crippen LogP contribution is -2.38. The number of nitrogens with zero attached hydrogens (tertiary/aromatic N) is 2. The maximum Gasteiger partial charge on any atom is 0.191 e. The maximum absolute atomic E-state index is 5.97. The van der Waals surface area contributed by atoms with Crippen molar-refractivity contribution in [3.05, 3.63) is 30.1 Å². The van der Waals surface area contributed by atoms with E-state index < -0.39 is 0 Å². The SMILES string of the molecule is CCNC(=NCCCOC1CCCCC1)NCCc1nc2ccccc2[nH]1. The molecular weight excluding hydrogens is 338 g/mol. The van der Waals surface area contributed by atoms with Crippen LogP contribution in [0.15, 0.2) is 29.3 Å². The number of ether oxygens (including phenoxy) is 1. The molecular formula is C21H33N5O. The molecule has 1 heterocycles. The summed E-state index contributed by atoms with van der Waals surface area (Å²) in [5.41, 5.74) is 2.11. The van der Waals surface area contributed by atoms with E-state index in [9.17, 15) is 0 Å². The Morgan fingerprint density at radius 1 is 1.22 bits per heavy atom. The van der Waals surface area contributed by atoms with Crippen LogP contribution in [-0.4, -0.2) is 48.3 Å². The second-order valence-electron chi connectivity index (χ2n) is 7.12. The van der Waals surface area contributed by atoms with E-state index in [1.54, 1.807) is 0 Å². The molecule has 0 saturated heterocycles. The lowest BCUT2D eigenvalue weighted by Gasteiger charge is -2.21. The number of guanidine groups is 1. The molecule has 1 saturated carbocycles. The van der Waals surface area contributed by atoms with Gasteiger partial charge in [-0.1, -0.05) is 31.4 Å². The van der Waals surface area contributed by atoms with E-state index in [0.717, 1.165) is 61.9 Å². The van der Waals surface area contributed by atoms with Gasteiger partial charge in [-0.15, -0.1) is 0 Å². The van der Waals surface area contributed by atoms with Gasteiger partial charge in [0.1, 0.15) is 5.82 Å². The molecule has 0 atom stereocenters. The average Bonchev–Trinajstić information content (AvgIpc) is 3.11. The van der Waals surface area contributed by atoms with Gasteiger partial charge in [-0.3, -0.25) is 4.99 Å². The van der Waals surface area contributed by atoms with Crippen LogP contribution in [0.25, 0.3) is 11.0 Å². The summed E-state index contributed by atoms with van der Waals surface area (Å²) in [6.07, 6.45) is 8.77. The summed E-state index contributed by atoms with van der Waals surface area (Å²) in [5, 5.41) is 6.70. The first kappa shape index (κ1) is 19.7. The van der Waals surface area contributed by atoms with Crippen LogP contribution in [0.1, 0.15) is 51.3 Å². The quantitative estimate of drug-likeness (QED) is 0.359. The normalized spacial score (nSPS) is 16.0. The highest BCUT2D eigenvalue weighted by Gasteiger charge is 2.12. The second kappa shape index (κ2) is 10.9. The van der Waals surface area contributed by atoms with Gasteiger partial charge in [-0.05, 0) is 38.3 Å². The summed E-state index contributed by atoms with van der Waals surface area (Å²) in [6.45, 7) is 5.33. The predicted octanol–water partition coefficient (Wildman–Crippen LogP) is 3.40. The summed E-state index contributed by atoms with van der Waals surface area (Å²) in [7, 11) is 0. The van der Waals surface area contributed by atoms with Crippen molar-refractivity contribution >= 4 is 17.0 Å². The van der Waals surface area contributed by atoms with Gasteiger partial charge in [-0.25, -0.2) is 4.98 Å². The van der Waals surface area contributed by atoms with Crippen LogP contribution >= 0.6 is 0 Å². The van der Waals surface area contributed by atoms with Gasteiger partial charge in [0.15, 0.2) is 5.96 Å². The number of benzene rings is 1. The van der Waals surface area contributed by atoms with E-state index in [0.29, 0.717) is 6.10 Å². The molecule has 1 fully saturated rings. The van der Waals surface area contributed by atoms with Gasteiger partial charge in [0, 0.05) is 32.7 Å². The van der Waals surface area contributed by atoms with E-state index in [2.05, 4.69) is 38.6 Å². The molecule has 0 radical (unpaired) electrons. The average molecular weight is 372 g/mol. The Hall–Kier alpha value is -2.08. The smallest absolute Gasteiger partial charge is 0.191 e. The molecule has 3 N–H and O–H groups in total. The molecule has 1 aromatic heterocycles. The van der Waals surface area contributed by atoms with Crippen molar-refractivity contribution in [2.45, 2.75) is 58.0 Å². The van der Waals surface area contributed by atoms with E-state index >= 15 is 0 Å². The molecule has 0 bridgehead atoms. The fourth-order valence-electron chi connectivity index (χ4n) is 3.50. The molecule has 2 aromatic rings.